The summed E-state index contributed by atoms with van der Waals surface area (Å²) in [4.78, 5) is 28.2. The van der Waals surface area contributed by atoms with Crippen molar-refractivity contribution < 1.29 is 19.1 Å². The predicted octanol–water partition coefficient (Wildman–Crippen LogP) is 2.87. The van der Waals surface area contributed by atoms with Gasteiger partial charge in [-0.2, -0.15) is 0 Å². The summed E-state index contributed by atoms with van der Waals surface area (Å²) in [6.07, 6.45) is 0.866. The molecule has 0 radical (unpaired) electrons. The van der Waals surface area contributed by atoms with E-state index in [-0.39, 0.29) is 49.0 Å². The van der Waals surface area contributed by atoms with Crippen LogP contribution in [0.1, 0.15) is 26.7 Å². The van der Waals surface area contributed by atoms with E-state index in [9.17, 15) is 9.59 Å². The average Bonchev–Trinajstić information content (AvgIpc) is 3.18. The van der Waals surface area contributed by atoms with E-state index < -0.39 is 17.4 Å². The molecule has 0 N–H and O–H groups in total. The van der Waals surface area contributed by atoms with E-state index in [1.54, 1.807) is 13.8 Å². The number of carbonyl (C=O) groups is 2. The van der Waals surface area contributed by atoms with Crippen molar-refractivity contribution in [1.29, 1.82) is 0 Å². The Balaban J connectivity index is 1.87. The summed E-state index contributed by atoms with van der Waals surface area (Å²) in [6.45, 7) is 4.06. The molecule has 2 aromatic rings. The number of esters is 2. The van der Waals surface area contributed by atoms with Crippen LogP contribution in [0.4, 0.5) is 0 Å². The number of carbonyl (C=O) groups excluding carboxylic acids is 2. The second-order valence-corrected chi connectivity index (χ2v) is 11.6. The molecule has 1 fully saturated rings. The van der Waals surface area contributed by atoms with E-state index in [0.717, 1.165) is 5.32 Å². The molecule has 0 bridgehead atoms. The Morgan fingerprint density at radius 3 is 2.03 bits per heavy atom. The molecule has 1 aliphatic carbocycles. The van der Waals surface area contributed by atoms with E-state index in [1.807, 2.05) is 24.3 Å². The fraction of sp³-hybridized carbons (Fsp3) is 0.360. The van der Waals surface area contributed by atoms with Gasteiger partial charge in [-0.3, -0.25) is 0 Å². The van der Waals surface area contributed by atoms with Crippen LogP contribution in [0, 0.1) is 11.3 Å². The molecular weight excluding hydrogens is 522 g/mol. The van der Waals surface area contributed by atoms with Crippen LogP contribution in [-0.2, 0) is 19.1 Å². The monoisotopic (exact) mass is 552 g/mol. The van der Waals surface area contributed by atoms with Crippen molar-refractivity contribution in [2.24, 2.45) is 11.3 Å². The van der Waals surface area contributed by atoms with Gasteiger partial charge >= 0.3 is 198 Å². The van der Waals surface area contributed by atoms with Crippen molar-refractivity contribution in [3.05, 3.63) is 71.2 Å². The Kier molecular flexibility index (Phi) is 8.98. The van der Waals surface area contributed by atoms with Crippen molar-refractivity contribution in [2.45, 2.75) is 32.0 Å². The topological polar surface area (TPSA) is 52.6 Å². The molecule has 3 rings (SSSR count). The van der Waals surface area contributed by atoms with Crippen molar-refractivity contribution in [3.63, 3.8) is 0 Å². The predicted molar refractivity (Wildman–Crippen MR) is 125 cm³/mol. The number of rotatable bonds is 9. The van der Waals surface area contributed by atoms with Gasteiger partial charge in [0.25, 0.3) is 0 Å². The summed E-state index contributed by atoms with van der Waals surface area (Å²) in [7, 11) is 0. The summed E-state index contributed by atoms with van der Waals surface area (Å²) in [5.41, 5.74) is -0.0232. The Hall–Kier alpha value is -1.84. The first-order chi connectivity index (χ1) is 15.1. The minimum atomic E-state index is -1.22. The molecule has 31 heavy (non-hydrogen) atoms. The quantitative estimate of drug-likeness (QED) is 0.274. The van der Waals surface area contributed by atoms with Crippen molar-refractivity contribution in [3.8, 4) is 0 Å². The minimum absolute atomic E-state index is 0.147. The van der Waals surface area contributed by atoms with Crippen LogP contribution in [0.3, 0.4) is 0 Å². The Morgan fingerprint density at radius 2 is 1.48 bits per heavy atom. The second kappa shape index (κ2) is 11.7. The third-order valence-electron chi connectivity index (χ3n) is 5.24. The Bertz CT molecular complexity index is 878. The normalized spacial score (nSPS) is 18.6. The van der Waals surface area contributed by atoms with Gasteiger partial charge in [0.1, 0.15) is 0 Å². The fourth-order valence-electron chi connectivity index (χ4n) is 3.71. The van der Waals surface area contributed by atoms with Crippen molar-refractivity contribution in [1.82, 2.24) is 0 Å². The van der Waals surface area contributed by atoms with Crippen LogP contribution < -0.4 is 8.92 Å². The van der Waals surface area contributed by atoms with Gasteiger partial charge < -0.3 is 0 Å². The molecule has 1 aliphatic rings. The second-order valence-electron chi connectivity index (χ2n) is 7.35. The number of hydrogen-bond acceptors (Lipinski definition) is 4. The van der Waals surface area contributed by atoms with Crippen LogP contribution in [0.2, 0.25) is 5.32 Å². The molecule has 0 amide bonds. The number of allylic oxidation sites excluding steroid dienone is 1. The van der Waals surface area contributed by atoms with E-state index >= 15 is 0 Å². The summed E-state index contributed by atoms with van der Waals surface area (Å²) < 4.78 is 13.3. The van der Waals surface area contributed by atoms with E-state index in [1.165, 1.54) is 14.5 Å². The fourth-order valence-corrected chi connectivity index (χ4v) is 7.81. The van der Waals surface area contributed by atoms with Crippen LogP contribution in [-0.4, -0.2) is 55.1 Å². The number of benzene rings is 2. The maximum absolute atomic E-state index is 13.0. The first kappa shape index (κ1) is 23.8. The Morgan fingerprint density at radius 1 is 0.935 bits per heavy atom. The van der Waals surface area contributed by atoms with Crippen LogP contribution in [0.5, 0.6) is 0 Å². The summed E-state index contributed by atoms with van der Waals surface area (Å²) in [5, 5.41) is 0.953. The van der Waals surface area contributed by atoms with Crippen molar-refractivity contribution in [2.75, 3.05) is 13.2 Å². The molecule has 4 nitrogen and oxygen atoms in total. The number of ether oxygens (including phenoxy) is 2. The van der Waals surface area contributed by atoms with Gasteiger partial charge in [-0.1, -0.05) is 0 Å². The van der Waals surface area contributed by atoms with Gasteiger partial charge in [-0.05, 0) is 0 Å². The molecule has 0 spiro atoms. The first-order valence-corrected chi connectivity index (χ1v) is 14.4. The third-order valence-corrected chi connectivity index (χ3v) is 9.73. The molecule has 164 valence electrons. The summed E-state index contributed by atoms with van der Waals surface area (Å²) >= 11 is 0.415. The zero-order valence-electron chi connectivity index (χ0n) is 17.9. The number of hydrogen-bond donors (Lipinski definition) is 0. The standard InChI is InChI=1S/C25H28O4Se2/c1-3-28-23(26)25(24(27)29-4-2)15-19(17-30-21-11-7-5-8-12-21)20(16-25)18-31-22-13-9-6-10-14-22/h5-14,17,20H,3-4,15-16,18H2,1-2H3/b19-17+. The molecule has 0 aliphatic heterocycles. The molecule has 1 saturated carbocycles. The molecule has 1 atom stereocenters. The SMILES string of the molecule is CCOC(=O)C1(C(=O)OCC)C/C(=C\[Se]c2ccccc2)C(C[Se]c2ccccc2)C1. The van der Waals surface area contributed by atoms with Gasteiger partial charge in [0, 0.05) is 0 Å². The van der Waals surface area contributed by atoms with E-state index in [0.29, 0.717) is 12.8 Å². The van der Waals surface area contributed by atoms with Crippen LogP contribution in [0.15, 0.2) is 71.2 Å². The maximum atomic E-state index is 13.0. The van der Waals surface area contributed by atoms with Gasteiger partial charge in [0.2, 0.25) is 0 Å². The Labute approximate surface area is 197 Å². The third kappa shape index (κ3) is 6.11. The first-order valence-electron chi connectivity index (χ1n) is 10.5. The van der Waals surface area contributed by atoms with Gasteiger partial charge in [0.15, 0.2) is 0 Å². The van der Waals surface area contributed by atoms with Crippen molar-refractivity contribution >= 4 is 50.8 Å². The summed E-state index contributed by atoms with van der Waals surface area (Å²) in [5.74, 6) is -0.706. The average molecular weight is 550 g/mol. The van der Waals surface area contributed by atoms with Gasteiger partial charge in [-0.25, -0.2) is 0 Å². The molecule has 0 saturated heterocycles. The molecule has 6 heteroatoms. The molecule has 0 aromatic heterocycles. The summed E-state index contributed by atoms with van der Waals surface area (Å²) in [6, 6.07) is 20.8. The molecule has 1 unspecified atom stereocenters. The molecule has 2 aromatic carbocycles. The zero-order chi connectivity index (χ0) is 22.1. The van der Waals surface area contributed by atoms with Crippen LogP contribution in [0.25, 0.3) is 0 Å². The van der Waals surface area contributed by atoms with Crippen LogP contribution >= 0.6 is 0 Å². The van der Waals surface area contributed by atoms with E-state index in [4.69, 9.17) is 9.47 Å². The van der Waals surface area contributed by atoms with Gasteiger partial charge in [0.05, 0.1) is 0 Å². The molecule has 0 heterocycles. The van der Waals surface area contributed by atoms with E-state index in [2.05, 4.69) is 41.4 Å². The molecular formula is C25H28O4Se2. The van der Waals surface area contributed by atoms with Gasteiger partial charge in [-0.15, -0.1) is 0 Å². The zero-order valence-corrected chi connectivity index (χ0v) is 21.3.